The van der Waals surface area contributed by atoms with Crippen molar-refractivity contribution in [1.82, 2.24) is 0 Å². The van der Waals surface area contributed by atoms with Gasteiger partial charge in [-0.2, -0.15) is 0 Å². The zero-order valence-corrected chi connectivity index (χ0v) is 27.2. The summed E-state index contributed by atoms with van der Waals surface area (Å²) in [5.74, 6) is 0.0732. The normalized spacial score (nSPS) is 13.7. The van der Waals surface area contributed by atoms with Crippen molar-refractivity contribution in [3.05, 3.63) is 168 Å². The topological polar surface area (TPSA) is 127 Å². The molecule has 10 nitrogen and oxygen atoms in total. The first-order valence-corrected chi connectivity index (χ1v) is 17.1. The predicted molar refractivity (Wildman–Crippen MR) is 187 cm³/mol. The van der Waals surface area contributed by atoms with Crippen LogP contribution in [0.2, 0.25) is 0 Å². The first-order valence-electron chi connectivity index (χ1n) is 15.7. The lowest BCUT2D eigenvalue weighted by Crippen LogP contribution is -2.29. The number of carbonyl (C=O) groups is 4. The van der Waals surface area contributed by atoms with Crippen LogP contribution in [-0.2, 0) is 9.84 Å². The lowest BCUT2D eigenvalue weighted by Gasteiger charge is -2.15. The van der Waals surface area contributed by atoms with Crippen LogP contribution in [0.25, 0.3) is 0 Å². The van der Waals surface area contributed by atoms with Gasteiger partial charge in [-0.15, -0.1) is 0 Å². The quantitative estimate of drug-likeness (QED) is 0.149. The van der Waals surface area contributed by atoms with Gasteiger partial charge >= 0.3 is 0 Å². The fourth-order valence-electron chi connectivity index (χ4n) is 5.96. The van der Waals surface area contributed by atoms with E-state index in [1.807, 2.05) is 0 Å². The molecule has 0 spiro atoms. The van der Waals surface area contributed by atoms with E-state index in [1.165, 1.54) is 48.5 Å². The van der Waals surface area contributed by atoms with E-state index in [9.17, 15) is 27.6 Å². The van der Waals surface area contributed by atoms with Crippen molar-refractivity contribution in [2.24, 2.45) is 0 Å². The third-order valence-electron chi connectivity index (χ3n) is 8.52. The highest BCUT2D eigenvalue weighted by molar-refractivity contribution is 7.91. The van der Waals surface area contributed by atoms with Gasteiger partial charge in [-0.25, -0.2) is 18.2 Å². The highest BCUT2D eigenvalue weighted by Crippen LogP contribution is 2.33. The van der Waals surface area contributed by atoms with Crippen molar-refractivity contribution in [2.45, 2.75) is 9.79 Å². The molecule has 0 aromatic heterocycles. The lowest BCUT2D eigenvalue weighted by molar-refractivity contribution is 0.0910. The summed E-state index contributed by atoms with van der Waals surface area (Å²) in [5, 5.41) is 0. The zero-order chi connectivity index (χ0) is 35.3. The van der Waals surface area contributed by atoms with Crippen molar-refractivity contribution in [2.75, 3.05) is 9.80 Å². The molecule has 0 saturated heterocycles. The Morgan fingerprint density at radius 2 is 0.608 bits per heavy atom. The van der Waals surface area contributed by atoms with Crippen LogP contribution < -0.4 is 19.3 Å². The van der Waals surface area contributed by atoms with E-state index in [4.69, 9.17) is 9.47 Å². The molecular weight excluding hydrogens is 669 g/mol. The van der Waals surface area contributed by atoms with Crippen LogP contribution in [0, 0.1) is 0 Å². The lowest BCUT2D eigenvalue weighted by atomic mass is 10.1. The summed E-state index contributed by atoms with van der Waals surface area (Å²) in [6.07, 6.45) is 0. The van der Waals surface area contributed by atoms with Gasteiger partial charge in [0.15, 0.2) is 0 Å². The number of ether oxygens (including phenoxy) is 2. The fraction of sp³-hybridized carbons (Fsp3) is 0. The number of nitrogens with zero attached hydrogens (tertiary/aromatic N) is 2. The van der Waals surface area contributed by atoms with Crippen LogP contribution in [0.3, 0.4) is 0 Å². The van der Waals surface area contributed by atoms with Crippen molar-refractivity contribution in [3.8, 4) is 23.0 Å². The SMILES string of the molecule is O=C1c2ccccc2C(=O)N1c1ccc(Oc2ccc(S(=O)(=O)c3ccc(Oc4ccc(N5C(=O)c6ccccc6C5=O)cc4)cc3)cc2)cc1. The van der Waals surface area contributed by atoms with E-state index >= 15 is 0 Å². The van der Waals surface area contributed by atoms with Gasteiger partial charge in [0.2, 0.25) is 9.84 Å². The van der Waals surface area contributed by atoms with Crippen LogP contribution in [0.4, 0.5) is 11.4 Å². The molecule has 2 aliphatic rings. The highest BCUT2D eigenvalue weighted by Gasteiger charge is 2.37. The van der Waals surface area contributed by atoms with Crippen LogP contribution >= 0.6 is 0 Å². The largest absolute Gasteiger partial charge is 0.457 e. The Kier molecular flexibility index (Phi) is 7.54. The summed E-state index contributed by atoms with van der Waals surface area (Å²) < 4.78 is 38.5. The Bertz CT molecular complexity index is 2250. The molecule has 0 fully saturated rings. The van der Waals surface area contributed by atoms with Crippen LogP contribution in [0.5, 0.6) is 23.0 Å². The molecule has 6 aromatic carbocycles. The van der Waals surface area contributed by atoms with E-state index < -0.39 is 33.5 Å². The van der Waals surface area contributed by atoms with Crippen molar-refractivity contribution in [1.29, 1.82) is 0 Å². The average Bonchev–Trinajstić information content (AvgIpc) is 3.57. The molecule has 0 atom stereocenters. The molecule has 0 saturated carbocycles. The van der Waals surface area contributed by atoms with Crippen molar-refractivity contribution >= 4 is 44.8 Å². The van der Waals surface area contributed by atoms with Crippen molar-refractivity contribution in [3.63, 3.8) is 0 Å². The number of rotatable bonds is 8. The van der Waals surface area contributed by atoms with Crippen LogP contribution in [-0.4, -0.2) is 32.0 Å². The van der Waals surface area contributed by atoms with Gasteiger partial charge in [-0.05, 0) is 121 Å². The molecule has 11 heteroatoms. The van der Waals surface area contributed by atoms with E-state index in [1.54, 1.807) is 97.1 Å². The molecule has 6 aromatic rings. The maximum absolute atomic E-state index is 13.4. The van der Waals surface area contributed by atoms with E-state index in [-0.39, 0.29) is 9.79 Å². The van der Waals surface area contributed by atoms with Gasteiger partial charge in [0, 0.05) is 0 Å². The fourth-order valence-corrected chi connectivity index (χ4v) is 7.22. The second kappa shape index (κ2) is 12.2. The molecule has 0 N–H and O–H groups in total. The molecule has 0 bridgehead atoms. The summed E-state index contributed by atoms with van der Waals surface area (Å²) in [5.41, 5.74) is 2.23. The Labute approximate surface area is 291 Å². The minimum absolute atomic E-state index is 0.0632. The zero-order valence-electron chi connectivity index (χ0n) is 26.4. The summed E-state index contributed by atoms with van der Waals surface area (Å²) in [6.45, 7) is 0. The molecule has 2 aliphatic heterocycles. The Hall–Kier alpha value is -6.85. The maximum atomic E-state index is 13.4. The predicted octanol–water partition coefficient (Wildman–Crippen LogP) is 7.71. The summed E-state index contributed by atoms with van der Waals surface area (Å²) >= 11 is 0. The number of anilines is 2. The first-order chi connectivity index (χ1) is 24.7. The Morgan fingerprint density at radius 1 is 0.353 bits per heavy atom. The minimum Gasteiger partial charge on any atom is -0.457 e. The maximum Gasteiger partial charge on any atom is 0.266 e. The van der Waals surface area contributed by atoms with Gasteiger partial charge in [0.25, 0.3) is 23.6 Å². The van der Waals surface area contributed by atoms with Crippen molar-refractivity contribution < 1.29 is 37.1 Å². The number of carbonyl (C=O) groups excluding carboxylic acids is 4. The summed E-state index contributed by atoms with van der Waals surface area (Å²) in [6, 6.07) is 38.1. The molecule has 2 heterocycles. The van der Waals surface area contributed by atoms with E-state index in [0.29, 0.717) is 56.6 Å². The highest BCUT2D eigenvalue weighted by atomic mass is 32.2. The first kappa shape index (κ1) is 31.4. The van der Waals surface area contributed by atoms with Crippen LogP contribution in [0.15, 0.2) is 155 Å². The van der Waals surface area contributed by atoms with Gasteiger partial charge < -0.3 is 9.47 Å². The third-order valence-corrected chi connectivity index (χ3v) is 10.3. The Morgan fingerprint density at radius 3 is 0.882 bits per heavy atom. The molecule has 248 valence electrons. The number of amides is 4. The van der Waals surface area contributed by atoms with E-state index in [0.717, 1.165) is 9.80 Å². The van der Waals surface area contributed by atoms with Gasteiger partial charge in [0.1, 0.15) is 23.0 Å². The number of benzene rings is 6. The smallest absolute Gasteiger partial charge is 0.266 e. The summed E-state index contributed by atoms with van der Waals surface area (Å²) in [7, 11) is -3.86. The standard InChI is InChI=1S/C40H24N2O8S/c43-37-33-5-1-2-6-34(33)38(44)41(37)25-9-13-27(14-10-25)49-29-17-21-31(22-18-29)51(47,48)32-23-19-30(20-24-32)50-28-15-11-26(12-16-28)42-39(45)35-7-3-4-8-36(35)40(42)46/h1-24H. The molecule has 4 amide bonds. The second-order valence-electron chi connectivity index (χ2n) is 11.6. The Balaban J connectivity index is 0.902. The number of fused-ring (bicyclic) bond motifs is 2. The van der Waals surface area contributed by atoms with Crippen LogP contribution in [0.1, 0.15) is 41.4 Å². The number of hydrogen-bond acceptors (Lipinski definition) is 8. The molecule has 0 radical (unpaired) electrons. The number of hydrogen-bond donors (Lipinski definition) is 0. The van der Waals surface area contributed by atoms with Gasteiger partial charge in [0.05, 0.1) is 43.4 Å². The monoisotopic (exact) mass is 692 g/mol. The summed E-state index contributed by atoms with van der Waals surface area (Å²) in [4.78, 5) is 53.5. The minimum atomic E-state index is -3.86. The van der Waals surface area contributed by atoms with Gasteiger partial charge in [-0.1, -0.05) is 24.3 Å². The average molecular weight is 693 g/mol. The number of imide groups is 2. The number of sulfone groups is 1. The molecular formula is C40H24N2O8S. The second-order valence-corrected chi connectivity index (χ2v) is 13.6. The van der Waals surface area contributed by atoms with Gasteiger partial charge in [-0.3, -0.25) is 19.2 Å². The molecule has 0 aliphatic carbocycles. The molecule has 0 unspecified atom stereocenters. The third kappa shape index (κ3) is 5.51. The van der Waals surface area contributed by atoms with E-state index in [2.05, 4.69) is 0 Å². The molecule has 8 rings (SSSR count). The molecule has 51 heavy (non-hydrogen) atoms.